The number of hydrogen-bond donors (Lipinski definition) is 0. The molecule has 1 fully saturated rings. The number of carbonyl (C=O) groups is 3. The van der Waals surface area contributed by atoms with Crippen LogP contribution in [0.1, 0.15) is 32.8 Å². The molecule has 120 valence electrons. The highest BCUT2D eigenvalue weighted by Crippen LogP contribution is 2.50. The number of nitrogens with zero attached hydrogens (tertiary/aromatic N) is 1. The number of esters is 1. The molecule has 2 heterocycles. The van der Waals surface area contributed by atoms with Crippen LogP contribution in [0.25, 0.3) is 0 Å². The zero-order valence-corrected chi connectivity index (χ0v) is 13.2. The third-order valence-corrected chi connectivity index (χ3v) is 3.72. The maximum atomic E-state index is 12.9. The fraction of sp³-hybridized carbons (Fsp3) is 0.353. The van der Waals surface area contributed by atoms with Crippen LogP contribution in [0.3, 0.4) is 0 Å². The van der Waals surface area contributed by atoms with E-state index in [4.69, 9.17) is 9.47 Å². The number of hydrogen-bond acceptors (Lipinski definition) is 5. The maximum absolute atomic E-state index is 12.9. The third-order valence-electron chi connectivity index (χ3n) is 3.72. The summed E-state index contributed by atoms with van der Waals surface area (Å²) in [6.45, 7) is 8.77. The summed E-state index contributed by atoms with van der Waals surface area (Å²) >= 11 is 0. The Balaban J connectivity index is 2.08. The van der Waals surface area contributed by atoms with Crippen molar-refractivity contribution >= 4 is 23.7 Å². The van der Waals surface area contributed by atoms with E-state index in [-0.39, 0.29) is 12.0 Å². The minimum atomic E-state index is -1.51. The highest BCUT2D eigenvalue weighted by Gasteiger charge is 2.60. The molecule has 1 spiro atoms. The number of rotatable bonds is 0. The molecule has 0 aromatic heterocycles. The van der Waals surface area contributed by atoms with Crippen LogP contribution in [-0.4, -0.2) is 23.6 Å². The van der Waals surface area contributed by atoms with Crippen molar-refractivity contribution in [2.45, 2.75) is 38.4 Å². The van der Waals surface area contributed by atoms with Crippen molar-refractivity contribution in [1.82, 2.24) is 0 Å². The number of para-hydroxylation sites is 1. The van der Waals surface area contributed by atoms with Crippen LogP contribution < -0.4 is 4.90 Å². The Labute approximate surface area is 133 Å². The van der Waals surface area contributed by atoms with Crippen molar-refractivity contribution in [3.8, 4) is 0 Å². The van der Waals surface area contributed by atoms with Crippen molar-refractivity contribution in [3.05, 3.63) is 42.0 Å². The summed E-state index contributed by atoms with van der Waals surface area (Å²) in [5.74, 6) is -1.25. The molecule has 6 nitrogen and oxygen atoms in total. The molecule has 1 aromatic carbocycles. The average Bonchev–Trinajstić information content (AvgIpc) is 2.85. The van der Waals surface area contributed by atoms with Crippen molar-refractivity contribution < 1.29 is 23.9 Å². The second kappa shape index (κ2) is 4.68. The topological polar surface area (TPSA) is 72.9 Å². The highest BCUT2D eigenvalue weighted by atomic mass is 16.6. The highest BCUT2D eigenvalue weighted by molar-refractivity contribution is 6.22. The molecule has 0 bridgehead atoms. The van der Waals surface area contributed by atoms with Gasteiger partial charge < -0.3 is 9.47 Å². The van der Waals surface area contributed by atoms with Gasteiger partial charge >= 0.3 is 12.1 Å². The molecular weight excluding hydrogens is 298 g/mol. The summed E-state index contributed by atoms with van der Waals surface area (Å²) in [5, 5.41) is 0. The molecule has 6 heteroatoms. The van der Waals surface area contributed by atoms with Gasteiger partial charge in [0.15, 0.2) is 0 Å². The van der Waals surface area contributed by atoms with Crippen molar-refractivity contribution in [3.63, 3.8) is 0 Å². The normalized spacial score (nSPS) is 23.3. The first-order chi connectivity index (χ1) is 10.7. The summed E-state index contributed by atoms with van der Waals surface area (Å²) in [6.07, 6.45) is -0.763. The molecule has 0 unspecified atom stereocenters. The van der Waals surface area contributed by atoms with Crippen LogP contribution in [0.5, 0.6) is 0 Å². The van der Waals surface area contributed by atoms with Gasteiger partial charge in [-0.05, 0) is 26.8 Å². The van der Waals surface area contributed by atoms with Gasteiger partial charge in [0.2, 0.25) is 5.60 Å². The SMILES string of the molecule is C=C1C[C@]2(OC1=O)C(=O)N(C(=O)OC(C)(C)C)c1ccccc12. The molecule has 1 aromatic rings. The van der Waals surface area contributed by atoms with E-state index < -0.39 is 29.2 Å². The van der Waals surface area contributed by atoms with Gasteiger partial charge in [-0.1, -0.05) is 24.8 Å². The standard InChI is InChI=1S/C17H17NO5/c1-10-9-17(22-13(10)19)11-7-5-6-8-12(11)18(14(17)20)15(21)23-16(2,3)4/h5-8H,1,9H2,2-4H3/t17-/m1/s1. The smallest absolute Gasteiger partial charge is 0.421 e. The number of benzene rings is 1. The summed E-state index contributed by atoms with van der Waals surface area (Å²) in [4.78, 5) is 38.1. The first-order valence-electron chi connectivity index (χ1n) is 7.24. The Kier molecular flexibility index (Phi) is 3.11. The lowest BCUT2D eigenvalue weighted by molar-refractivity contribution is -0.156. The zero-order valence-electron chi connectivity index (χ0n) is 13.2. The van der Waals surface area contributed by atoms with Crippen molar-refractivity contribution in [1.29, 1.82) is 0 Å². The molecule has 2 amide bonds. The summed E-state index contributed by atoms with van der Waals surface area (Å²) in [5.41, 5.74) is -1.21. The quantitative estimate of drug-likeness (QED) is 0.543. The Bertz CT molecular complexity index is 728. The van der Waals surface area contributed by atoms with Crippen LogP contribution in [0.15, 0.2) is 36.4 Å². The largest absolute Gasteiger partial charge is 0.443 e. The second-order valence-corrected chi connectivity index (χ2v) is 6.63. The van der Waals surface area contributed by atoms with E-state index in [1.807, 2.05) is 0 Å². The molecular formula is C17H17NO5. The van der Waals surface area contributed by atoms with Crippen LogP contribution in [0, 0.1) is 0 Å². The van der Waals surface area contributed by atoms with Gasteiger partial charge in [-0.15, -0.1) is 0 Å². The average molecular weight is 315 g/mol. The van der Waals surface area contributed by atoms with Crippen LogP contribution >= 0.6 is 0 Å². The molecule has 3 rings (SSSR count). The van der Waals surface area contributed by atoms with Gasteiger partial charge in [0.05, 0.1) is 5.69 Å². The molecule has 0 aliphatic carbocycles. The number of imide groups is 1. The molecule has 0 saturated carbocycles. The lowest BCUT2D eigenvalue weighted by Gasteiger charge is -2.25. The maximum Gasteiger partial charge on any atom is 0.421 e. The molecule has 1 saturated heterocycles. The van der Waals surface area contributed by atoms with E-state index in [1.54, 1.807) is 45.0 Å². The Hall–Kier alpha value is -2.63. The van der Waals surface area contributed by atoms with E-state index in [0.29, 0.717) is 11.3 Å². The van der Waals surface area contributed by atoms with Crippen molar-refractivity contribution in [2.75, 3.05) is 4.90 Å². The van der Waals surface area contributed by atoms with Crippen molar-refractivity contribution in [2.24, 2.45) is 0 Å². The van der Waals surface area contributed by atoms with Crippen LogP contribution in [0.2, 0.25) is 0 Å². The lowest BCUT2D eigenvalue weighted by Crippen LogP contribution is -2.45. The van der Waals surface area contributed by atoms with E-state index in [2.05, 4.69) is 6.58 Å². The van der Waals surface area contributed by atoms with E-state index in [1.165, 1.54) is 0 Å². The Morgan fingerprint density at radius 1 is 1.30 bits per heavy atom. The summed E-state index contributed by atoms with van der Waals surface area (Å²) in [7, 11) is 0. The summed E-state index contributed by atoms with van der Waals surface area (Å²) < 4.78 is 10.6. The molecule has 0 radical (unpaired) electrons. The summed E-state index contributed by atoms with van der Waals surface area (Å²) in [6, 6.07) is 6.72. The van der Waals surface area contributed by atoms with Gasteiger partial charge in [0, 0.05) is 17.6 Å². The van der Waals surface area contributed by atoms with Gasteiger partial charge in [0.25, 0.3) is 5.91 Å². The van der Waals surface area contributed by atoms with E-state index in [0.717, 1.165) is 4.90 Å². The van der Waals surface area contributed by atoms with Gasteiger partial charge in [0.1, 0.15) is 5.60 Å². The predicted octanol–water partition coefficient (Wildman–Crippen LogP) is 2.67. The van der Waals surface area contributed by atoms with Gasteiger partial charge in [-0.2, -0.15) is 0 Å². The second-order valence-electron chi connectivity index (χ2n) is 6.63. The minimum Gasteiger partial charge on any atom is -0.443 e. The molecule has 2 aliphatic heterocycles. The van der Waals surface area contributed by atoms with Gasteiger partial charge in [-0.3, -0.25) is 4.79 Å². The van der Waals surface area contributed by atoms with Gasteiger partial charge in [-0.25, -0.2) is 14.5 Å². The first kappa shape index (κ1) is 15.3. The number of carbonyl (C=O) groups excluding carboxylic acids is 3. The number of ether oxygens (including phenoxy) is 2. The molecule has 23 heavy (non-hydrogen) atoms. The number of amides is 2. The number of anilines is 1. The zero-order chi connectivity index (χ0) is 17.0. The fourth-order valence-electron chi connectivity index (χ4n) is 2.81. The monoisotopic (exact) mass is 315 g/mol. The van der Waals surface area contributed by atoms with E-state index >= 15 is 0 Å². The Morgan fingerprint density at radius 2 is 1.96 bits per heavy atom. The Morgan fingerprint density at radius 3 is 2.52 bits per heavy atom. The lowest BCUT2D eigenvalue weighted by atomic mass is 9.91. The van der Waals surface area contributed by atoms with Crippen LogP contribution in [-0.2, 0) is 24.7 Å². The first-order valence-corrected chi connectivity index (χ1v) is 7.24. The van der Waals surface area contributed by atoms with Crippen LogP contribution in [0.4, 0.5) is 10.5 Å². The predicted molar refractivity (Wildman–Crippen MR) is 81.7 cm³/mol. The number of fused-ring (bicyclic) bond motifs is 2. The molecule has 2 aliphatic rings. The minimum absolute atomic E-state index is 0.0287. The molecule has 1 atom stereocenters. The fourth-order valence-corrected chi connectivity index (χ4v) is 2.81. The van der Waals surface area contributed by atoms with E-state index in [9.17, 15) is 14.4 Å². The molecule has 0 N–H and O–H groups in total. The third kappa shape index (κ3) is 2.21.